The van der Waals surface area contributed by atoms with Crippen LogP contribution in [0.25, 0.3) is 0 Å². The van der Waals surface area contributed by atoms with Crippen molar-refractivity contribution in [2.24, 2.45) is 10.9 Å². The Morgan fingerprint density at radius 1 is 1.40 bits per heavy atom. The first-order valence-electron chi connectivity index (χ1n) is 7.40. The minimum absolute atomic E-state index is 0.171. The quantitative estimate of drug-likeness (QED) is 0.347. The molecule has 0 saturated heterocycles. The van der Waals surface area contributed by atoms with Gasteiger partial charge in [0.1, 0.15) is 0 Å². The van der Waals surface area contributed by atoms with E-state index in [2.05, 4.69) is 43.8 Å². The number of hydrogen-bond acceptors (Lipinski definition) is 3. The third-order valence-electron chi connectivity index (χ3n) is 3.72. The Kier molecular flexibility index (Phi) is 6.36. The second kappa shape index (κ2) is 7.78. The number of aryl methyl sites for hydroxylation is 1. The van der Waals surface area contributed by atoms with Crippen molar-refractivity contribution in [1.82, 2.24) is 0 Å². The minimum atomic E-state index is 0.171. The first-order chi connectivity index (χ1) is 9.54. The Hall–Kier alpha value is -1.71. The van der Waals surface area contributed by atoms with E-state index >= 15 is 0 Å². The lowest BCUT2D eigenvalue weighted by atomic mass is 10.0. The summed E-state index contributed by atoms with van der Waals surface area (Å²) < 4.78 is 0. The number of nitrogens with two attached hydrogens (primary N) is 1. The third-order valence-corrected chi connectivity index (χ3v) is 3.72. The van der Waals surface area contributed by atoms with Crippen LogP contribution in [0.4, 0.5) is 5.69 Å². The summed E-state index contributed by atoms with van der Waals surface area (Å²) in [5.74, 6) is 0.171. The lowest BCUT2D eigenvalue weighted by Crippen LogP contribution is -2.35. The van der Waals surface area contributed by atoms with Crippen molar-refractivity contribution in [3.63, 3.8) is 0 Å². The Labute approximate surface area is 122 Å². The molecule has 1 rings (SSSR count). The number of hydrogen-bond donors (Lipinski definition) is 2. The molecular weight excluding hydrogens is 250 g/mol. The summed E-state index contributed by atoms with van der Waals surface area (Å²) in [4.78, 5) is 2.36. The Morgan fingerprint density at radius 3 is 2.65 bits per heavy atom. The summed E-state index contributed by atoms with van der Waals surface area (Å²) in [6.07, 6.45) is 3.35. The van der Waals surface area contributed by atoms with Crippen LogP contribution in [0.1, 0.15) is 51.2 Å². The molecule has 1 unspecified atom stereocenters. The molecule has 1 atom stereocenters. The predicted molar refractivity (Wildman–Crippen MR) is 85.7 cm³/mol. The van der Waals surface area contributed by atoms with Gasteiger partial charge in [-0.2, -0.15) is 0 Å². The molecule has 0 amide bonds. The van der Waals surface area contributed by atoms with Crippen LogP contribution in [-0.4, -0.2) is 23.6 Å². The van der Waals surface area contributed by atoms with E-state index in [0.717, 1.165) is 37.1 Å². The Balaban J connectivity index is 3.25. The van der Waals surface area contributed by atoms with Crippen LogP contribution in [0.5, 0.6) is 0 Å². The third kappa shape index (κ3) is 3.89. The van der Waals surface area contributed by atoms with Gasteiger partial charge in [-0.25, -0.2) is 0 Å². The summed E-state index contributed by atoms with van der Waals surface area (Å²) in [5, 5.41) is 12.1. The molecule has 0 saturated carbocycles. The SMILES string of the molecule is CCCCN(c1cc(C)ccc1C(N)=NO)C(C)CC. The molecule has 0 heterocycles. The Morgan fingerprint density at radius 2 is 2.10 bits per heavy atom. The molecule has 0 bridgehead atoms. The lowest BCUT2D eigenvalue weighted by molar-refractivity contribution is 0.318. The molecule has 3 N–H and O–H groups in total. The van der Waals surface area contributed by atoms with Gasteiger partial charge in [0.25, 0.3) is 0 Å². The fourth-order valence-corrected chi connectivity index (χ4v) is 2.28. The molecule has 4 nitrogen and oxygen atoms in total. The number of nitrogens with zero attached hydrogens (tertiary/aromatic N) is 2. The van der Waals surface area contributed by atoms with Crippen LogP contribution in [0.2, 0.25) is 0 Å². The maximum atomic E-state index is 8.98. The van der Waals surface area contributed by atoms with Crippen molar-refractivity contribution in [3.8, 4) is 0 Å². The van der Waals surface area contributed by atoms with Crippen molar-refractivity contribution in [3.05, 3.63) is 29.3 Å². The van der Waals surface area contributed by atoms with E-state index in [4.69, 9.17) is 10.9 Å². The van der Waals surface area contributed by atoms with E-state index in [1.165, 1.54) is 5.56 Å². The van der Waals surface area contributed by atoms with Crippen LogP contribution in [0.3, 0.4) is 0 Å². The van der Waals surface area contributed by atoms with Gasteiger partial charge in [0.2, 0.25) is 0 Å². The molecule has 0 aromatic heterocycles. The summed E-state index contributed by atoms with van der Waals surface area (Å²) in [6.45, 7) is 9.64. The zero-order valence-corrected chi connectivity index (χ0v) is 13.1. The predicted octanol–water partition coefficient (Wildman–Crippen LogP) is 3.49. The van der Waals surface area contributed by atoms with Crippen LogP contribution >= 0.6 is 0 Å². The van der Waals surface area contributed by atoms with Gasteiger partial charge < -0.3 is 15.8 Å². The highest BCUT2D eigenvalue weighted by molar-refractivity contribution is 6.02. The first kappa shape index (κ1) is 16.3. The van der Waals surface area contributed by atoms with Gasteiger partial charge in [-0.15, -0.1) is 0 Å². The maximum Gasteiger partial charge on any atom is 0.172 e. The van der Waals surface area contributed by atoms with E-state index in [9.17, 15) is 0 Å². The van der Waals surface area contributed by atoms with Crippen LogP contribution in [0.15, 0.2) is 23.4 Å². The van der Waals surface area contributed by atoms with Gasteiger partial charge >= 0.3 is 0 Å². The summed E-state index contributed by atoms with van der Waals surface area (Å²) >= 11 is 0. The molecule has 0 aliphatic rings. The van der Waals surface area contributed by atoms with Gasteiger partial charge in [0, 0.05) is 23.8 Å². The second-order valence-corrected chi connectivity index (χ2v) is 5.31. The van der Waals surface area contributed by atoms with Crippen LogP contribution < -0.4 is 10.6 Å². The molecule has 0 radical (unpaired) electrons. The van der Waals surface area contributed by atoms with E-state index in [-0.39, 0.29) is 5.84 Å². The summed E-state index contributed by atoms with van der Waals surface area (Å²) in [6, 6.07) is 6.47. The number of anilines is 1. The van der Waals surface area contributed by atoms with Gasteiger partial charge in [0.15, 0.2) is 5.84 Å². The van der Waals surface area contributed by atoms with E-state index < -0.39 is 0 Å². The number of rotatable bonds is 7. The highest BCUT2D eigenvalue weighted by atomic mass is 16.4. The van der Waals surface area contributed by atoms with Gasteiger partial charge in [-0.3, -0.25) is 0 Å². The van der Waals surface area contributed by atoms with Crippen molar-refractivity contribution in [1.29, 1.82) is 0 Å². The molecule has 1 aromatic carbocycles. The number of amidine groups is 1. The summed E-state index contributed by atoms with van der Waals surface area (Å²) in [5.41, 5.74) is 8.87. The lowest BCUT2D eigenvalue weighted by Gasteiger charge is -2.32. The number of benzene rings is 1. The van der Waals surface area contributed by atoms with E-state index in [1.54, 1.807) is 0 Å². The molecule has 0 aliphatic carbocycles. The minimum Gasteiger partial charge on any atom is -0.409 e. The molecule has 0 aliphatic heterocycles. The summed E-state index contributed by atoms with van der Waals surface area (Å²) in [7, 11) is 0. The zero-order valence-electron chi connectivity index (χ0n) is 13.1. The number of oxime groups is 1. The fraction of sp³-hybridized carbons (Fsp3) is 0.562. The van der Waals surface area contributed by atoms with E-state index in [1.807, 2.05) is 12.1 Å². The fourth-order valence-electron chi connectivity index (χ4n) is 2.28. The van der Waals surface area contributed by atoms with E-state index in [0.29, 0.717) is 6.04 Å². The average Bonchev–Trinajstić information content (AvgIpc) is 2.46. The highest BCUT2D eigenvalue weighted by Crippen LogP contribution is 2.25. The van der Waals surface area contributed by atoms with Crippen molar-refractivity contribution in [2.45, 2.75) is 53.0 Å². The van der Waals surface area contributed by atoms with Crippen LogP contribution in [-0.2, 0) is 0 Å². The first-order valence-corrected chi connectivity index (χ1v) is 7.40. The molecule has 20 heavy (non-hydrogen) atoms. The van der Waals surface area contributed by atoms with Crippen LogP contribution in [0, 0.1) is 6.92 Å². The van der Waals surface area contributed by atoms with Crippen molar-refractivity contribution < 1.29 is 5.21 Å². The molecular formula is C16H27N3O. The largest absolute Gasteiger partial charge is 0.409 e. The second-order valence-electron chi connectivity index (χ2n) is 5.31. The smallest absolute Gasteiger partial charge is 0.172 e. The van der Waals surface area contributed by atoms with Gasteiger partial charge in [0.05, 0.1) is 0 Å². The molecule has 0 fully saturated rings. The number of unbranched alkanes of at least 4 members (excludes halogenated alkanes) is 1. The monoisotopic (exact) mass is 277 g/mol. The maximum absolute atomic E-state index is 8.98. The van der Waals surface area contributed by atoms with Gasteiger partial charge in [-0.05, 0) is 44.4 Å². The standard InChI is InChI=1S/C16H27N3O/c1-5-7-10-19(13(4)6-2)15-11-12(3)8-9-14(15)16(17)18-20/h8-9,11,13,20H,5-7,10H2,1-4H3,(H2,17,18). The van der Waals surface area contributed by atoms with Crippen molar-refractivity contribution >= 4 is 11.5 Å². The zero-order chi connectivity index (χ0) is 15.1. The van der Waals surface area contributed by atoms with Gasteiger partial charge in [-0.1, -0.05) is 31.5 Å². The molecule has 0 spiro atoms. The molecule has 112 valence electrons. The van der Waals surface area contributed by atoms with Crippen molar-refractivity contribution in [2.75, 3.05) is 11.4 Å². The highest BCUT2D eigenvalue weighted by Gasteiger charge is 2.18. The topological polar surface area (TPSA) is 61.8 Å². The normalized spacial score (nSPS) is 13.3. The molecule has 4 heteroatoms. The average molecular weight is 277 g/mol. The Bertz CT molecular complexity index is 457. The molecule has 1 aromatic rings.